The molecule has 0 aliphatic rings. The quantitative estimate of drug-likeness (QED) is 0.621. The van der Waals surface area contributed by atoms with Gasteiger partial charge in [0.2, 0.25) is 0 Å². The summed E-state index contributed by atoms with van der Waals surface area (Å²) in [7, 11) is 2.97. The number of halogens is 3. The highest BCUT2D eigenvalue weighted by Crippen LogP contribution is 2.25. The van der Waals surface area contributed by atoms with Crippen molar-refractivity contribution < 1.29 is 23.0 Å². The Morgan fingerprint density at radius 2 is 2.00 bits per heavy atom. The van der Waals surface area contributed by atoms with Gasteiger partial charge in [-0.25, -0.2) is 13.6 Å². The molecule has 1 N–H and O–H groups in total. The highest BCUT2D eigenvalue weighted by molar-refractivity contribution is 5.92. The summed E-state index contributed by atoms with van der Waals surface area (Å²) in [5, 5.41) is 2.97. The predicted molar refractivity (Wildman–Crippen MR) is 73.6 cm³/mol. The van der Waals surface area contributed by atoms with Crippen molar-refractivity contribution in [1.82, 2.24) is 5.32 Å². The van der Waals surface area contributed by atoms with Gasteiger partial charge in [0.15, 0.2) is 11.6 Å². The summed E-state index contributed by atoms with van der Waals surface area (Å²) < 4.78 is 36.4. The minimum Gasteiger partial charge on any atom is -0.490 e. The lowest BCUT2D eigenvalue weighted by molar-refractivity contribution is 0.0594. The van der Waals surface area contributed by atoms with Gasteiger partial charge in [0.1, 0.15) is 11.4 Å². The van der Waals surface area contributed by atoms with Crippen LogP contribution in [0, 0.1) is 11.6 Å². The maximum Gasteiger partial charge on any atom is 0.341 e. The Labute approximate surface area is 122 Å². The number of rotatable bonds is 7. The van der Waals surface area contributed by atoms with Crippen LogP contribution in [0.1, 0.15) is 23.2 Å². The van der Waals surface area contributed by atoms with Crippen LogP contribution in [0.15, 0.2) is 12.1 Å². The molecule has 0 amide bonds. The predicted octanol–water partition coefficient (Wildman–Crippen LogP) is 2.55. The van der Waals surface area contributed by atoms with Crippen molar-refractivity contribution in [2.24, 2.45) is 0 Å². The van der Waals surface area contributed by atoms with Gasteiger partial charge in [0.05, 0.1) is 13.7 Å². The number of hydrogen-bond donors (Lipinski definition) is 1. The van der Waals surface area contributed by atoms with Crippen LogP contribution in [-0.4, -0.2) is 33.3 Å². The zero-order chi connectivity index (χ0) is 14.3. The van der Waals surface area contributed by atoms with E-state index in [9.17, 15) is 13.6 Å². The van der Waals surface area contributed by atoms with E-state index in [0.717, 1.165) is 26.1 Å². The first-order chi connectivity index (χ1) is 9.10. The van der Waals surface area contributed by atoms with Crippen LogP contribution in [0.4, 0.5) is 8.78 Å². The van der Waals surface area contributed by atoms with E-state index in [0.29, 0.717) is 12.5 Å². The normalized spacial score (nSPS) is 9.80. The number of carbonyl (C=O) groups is 1. The molecule has 1 aromatic rings. The number of benzene rings is 1. The molecule has 0 saturated heterocycles. The molecule has 0 unspecified atom stereocenters. The monoisotopic (exact) mass is 309 g/mol. The van der Waals surface area contributed by atoms with Crippen LogP contribution < -0.4 is 10.1 Å². The Morgan fingerprint density at radius 1 is 1.30 bits per heavy atom. The van der Waals surface area contributed by atoms with Gasteiger partial charge in [-0.15, -0.1) is 12.4 Å². The van der Waals surface area contributed by atoms with Crippen molar-refractivity contribution in [1.29, 1.82) is 0 Å². The van der Waals surface area contributed by atoms with Gasteiger partial charge in [-0.05, 0) is 32.5 Å². The molecule has 114 valence electrons. The third kappa shape index (κ3) is 5.30. The molecule has 0 bridgehead atoms. The van der Waals surface area contributed by atoms with Crippen LogP contribution in [0.25, 0.3) is 0 Å². The molecule has 4 nitrogen and oxygen atoms in total. The molecular weight excluding hydrogens is 292 g/mol. The van der Waals surface area contributed by atoms with Gasteiger partial charge in [-0.1, -0.05) is 0 Å². The summed E-state index contributed by atoms with van der Waals surface area (Å²) in [5.74, 6) is -2.85. The Kier molecular flexibility index (Phi) is 8.83. The summed E-state index contributed by atoms with van der Waals surface area (Å²) in [6, 6.07) is 1.58. The van der Waals surface area contributed by atoms with Crippen LogP contribution in [0.2, 0.25) is 0 Å². The highest BCUT2D eigenvalue weighted by atomic mass is 35.5. The van der Waals surface area contributed by atoms with E-state index >= 15 is 0 Å². The van der Waals surface area contributed by atoms with Gasteiger partial charge in [-0.3, -0.25) is 0 Å². The van der Waals surface area contributed by atoms with Crippen LogP contribution >= 0.6 is 12.4 Å². The molecule has 0 spiro atoms. The van der Waals surface area contributed by atoms with E-state index in [1.54, 1.807) is 0 Å². The lowest BCUT2D eigenvalue weighted by Gasteiger charge is -2.11. The minimum atomic E-state index is -0.908. The largest absolute Gasteiger partial charge is 0.490 e. The number of carbonyl (C=O) groups excluding carboxylic acids is 1. The number of methoxy groups -OCH3 is 1. The average molecular weight is 310 g/mol. The minimum absolute atomic E-state index is 0. The molecule has 0 fully saturated rings. The number of hydrogen-bond acceptors (Lipinski definition) is 4. The number of unbranched alkanes of at least 4 members (excludes halogenated alkanes) is 1. The van der Waals surface area contributed by atoms with E-state index in [2.05, 4.69) is 10.1 Å². The Hall–Kier alpha value is -1.40. The SMILES string of the molecule is CNCCCCOc1c(F)cc(F)cc1C(=O)OC.Cl. The Balaban J connectivity index is 0.00000361. The standard InChI is InChI=1S/C13H17F2NO3.ClH/c1-16-5-3-4-6-19-12-10(13(17)18-2)7-9(14)8-11(12)15;/h7-8,16H,3-6H2,1-2H3;1H. The molecule has 0 radical (unpaired) electrons. The second kappa shape index (κ2) is 9.50. The zero-order valence-corrected chi connectivity index (χ0v) is 12.2. The van der Waals surface area contributed by atoms with Crippen LogP contribution in [0.3, 0.4) is 0 Å². The molecule has 0 saturated carbocycles. The van der Waals surface area contributed by atoms with E-state index in [-0.39, 0.29) is 30.3 Å². The van der Waals surface area contributed by atoms with Crippen molar-refractivity contribution in [3.05, 3.63) is 29.3 Å². The van der Waals surface area contributed by atoms with Crippen molar-refractivity contribution in [3.63, 3.8) is 0 Å². The summed E-state index contributed by atoms with van der Waals surface area (Å²) in [6.45, 7) is 1.06. The lowest BCUT2D eigenvalue weighted by Crippen LogP contribution is -2.11. The smallest absolute Gasteiger partial charge is 0.341 e. The van der Waals surface area contributed by atoms with Gasteiger partial charge in [0, 0.05) is 6.07 Å². The molecule has 0 aromatic heterocycles. The van der Waals surface area contributed by atoms with Crippen LogP contribution in [0.5, 0.6) is 5.75 Å². The molecule has 0 heterocycles. The average Bonchev–Trinajstić information content (AvgIpc) is 2.39. The number of esters is 1. The topological polar surface area (TPSA) is 47.6 Å². The first kappa shape index (κ1) is 18.6. The van der Waals surface area contributed by atoms with E-state index < -0.39 is 17.6 Å². The summed E-state index contributed by atoms with van der Waals surface area (Å²) >= 11 is 0. The molecule has 0 aliphatic heterocycles. The van der Waals surface area contributed by atoms with Crippen molar-refractivity contribution >= 4 is 18.4 Å². The molecule has 1 aromatic carbocycles. The second-order valence-corrected chi connectivity index (χ2v) is 3.92. The molecular formula is C13H18ClF2NO3. The van der Waals surface area contributed by atoms with Crippen molar-refractivity contribution in [2.45, 2.75) is 12.8 Å². The third-order valence-electron chi connectivity index (χ3n) is 2.48. The highest BCUT2D eigenvalue weighted by Gasteiger charge is 2.19. The van der Waals surface area contributed by atoms with Crippen molar-refractivity contribution in [3.8, 4) is 5.75 Å². The van der Waals surface area contributed by atoms with Gasteiger partial charge in [0.25, 0.3) is 0 Å². The van der Waals surface area contributed by atoms with Crippen LogP contribution in [-0.2, 0) is 4.74 Å². The number of nitrogens with one attached hydrogen (secondary N) is 1. The third-order valence-corrected chi connectivity index (χ3v) is 2.48. The fourth-order valence-corrected chi connectivity index (χ4v) is 1.55. The van der Waals surface area contributed by atoms with E-state index in [4.69, 9.17) is 4.74 Å². The molecule has 0 aliphatic carbocycles. The Bertz CT molecular complexity index is 444. The summed E-state index contributed by atoms with van der Waals surface area (Å²) in [6.07, 6.45) is 1.55. The van der Waals surface area contributed by atoms with E-state index in [1.165, 1.54) is 0 Å². The Morgan fingerprint density at radius 3 is 2.60 bits per heavy atom. The number of ether oxygens (including phenoxy) is 2. The molecule has 7 heteroatoms. The summed E-state index contributed by atoms with van der Waals surface area (Å²) in [4.78, 5) is 11.4. The van der Waals surface area contributed by atoms with Gasteiger partial charge >= 0.3 is 5.97 Å². The van der Waals surface area contributed by atoms with E-state index in [1.807, 2.05) is 7.05 Å². The first-order valence-corrected chi connectivity index (χ1v) is 5.95. The van der Waals surface area contributed by atoms with Gasteiger partial charge < -0.3 is 14.8 Å². The maximum absolute atomic E-state index is 13.6. The molecule has 1 rings (SSSR count). The summed E-state index contributed by atoms with van der Waals surface area (Å²) in [5.41, 5.74) is -0.242. The maximum atomic E-state index is 13.6. The fraction of sp³-hybridized carbons (Fsp3) is 0.462. The lowest BCUT2D eigenvalue weighted by atomic mass is 10.2. The second-order valence-electron chi connectivity index (χ2n) is 3.92. The van der Waals surface area contributed by atoms with Crippen molar-refractivity contribution in [2.75, 3.05) is 27.3 Å². The first-order valence-electron chi connectivity index (χ1n) is 5.95. The molecule has 0 atom stereocenters. The molecule has 20 heavy (non-hydrogen) atoms. The zero-order valence-electron chi connectivity index (χ0n) is 11.4. The van der Waals surface area contributed by atoms with Gasteiger partial charge in [-0.2, -0.15) is 0 Å². The fourth-order valence-electron chi connectivity index (χ4n) is 1.55.